The van der Waals surface area contributed by atoms with Crippen LogP contribution in [0.5, 0.6) is 0 Å². The zero-order chi connectivity index (χ0) is 22.5. The second-order valence-electron chi connectivity index (χ2n) is 8.96. The van der Waals surface area contributed by atoms with E-state index in [9.17, 15) is 0 Å². The maximum absolute atomic E-state index is 2.36. The summed E-state index contributed by atoms with van der Waals surface area (Å²) in [7, 11) is 0. The van der Waals surface area contributed by atoms with Gasteiger partial charge in [-0.2, -0.15) is 0 Å². The molecule has 0 fully saturated rings. The van der Waals surface area contributed by atoms with Crippen LogP contribution in [0.25, 0.3) is 65.3 Å². The van der Waals surface area contributed by atoms with Crippen LogP contribution in [0, 0.1) is 0 Å². The van der Waals surface area contributed by atoms with Crippen LogP contribution in [0.1, 0.15) is 0 Å². The third-order valence-electron chi connectivity index (χ3n) is 7.06. The van der Waals surface area contributed by atoms with E-state index in [1.54, 1.807) is 0 Å². The molecule has 0 unspecified atom stereocenters. The van der Waals surface area contributed by atoms with Crippen molar-refractivity contribution in [3.8, 4) is 22.3 Å². The van der Waals surface area contributed by atoms with Crippen molar-refractivity contribution in [1.29, 1.82) is 0 Å². The average molecular weight is 431 g/mol. The zero-order valence-electron chi connectivity index (χ0n) is 18.7. The third-order valence-corrected chi connectivity index (χ3v) is 7.06. The van der Waals surface area contributed by atoms with Crippen molar-refractivity contribution >= 4 is 43.1 Å². The molecule has 0 bridgehead atoms. The molecule has 0 nitrogen and oxygen atoms in total. The molecule has 0 saturated heterocycles. The lowest BCUT2D eigenvalue weighted by Gasteiger charge is -2.12. The number of hydrogen-bond donors (Lipinski definition) is 0. The van der Waals surface area contributed by atoms with Gasteiger partial charge in [0.15, 0.2) is 0 Å². The van der Waals surface area contributed by atoms with Crippen molar-refractivity contribution in [3.05, 3.63) is 133 Å². The normalized spacial score (nSPS) is 11.5. The van der Waals surface area contributed by atoms with Gasteiger partial charge in [-0.1, -0.05) is 127 Å². The molecule has 34 heavy (non-hydrogen) atoms. The molecule has 7 aromatic rings. The lowest BCUT2D eigenvalue weighted by Crippen LogP contribution is -1.85. The van der Waals surface area contributed by atoms with Crippen LogP contribution in [0.2, 0.25) is 0 Å². The van der Waals surface area contributed by atoms with Crippen LogP contribution in [0.15, 0.2) is 133 Å². The highest BCUT2D eigenvalue weighted by atomic mass is 14.1. The number of fused-ring (bicyclic) bond motifs is 7. The smallest absolute Gasteiger partial charge is 0.00928 e. The number of hydrogen-bond acceptors (Lipinski definition) is 0. The summed E-state index contributed by atoms with van der Waals surface area (Å²) in [6.45, 7) is 0. The first-order chi connectivity index (χ1) is 16.9. The molecule has 0 spiro atoms. The van der Waals surface area contributed by atoms with Crippen molar-refractivity contribution in [2.24, 2.45) is 0 Å². The summed E-state index contributed by atoms with van der Waals surface area (Å²) in [4.78, 5) is 0. The van der Waals surface area contributed by atoms with E-state index >= 15 is 0 Å². The van der Waals surface area contributed by atoms with Crippen molar-refractivity contribution in [1.82, 2.24) is 0 Å². The second kappa shape index (κ2) is 7.57. The van der Waals surface area contributed by atoms with Crippen molar-refractivity contribution in [3.63, 3.8) is 0 Å². The van der Waals surface area contributed by atoms with E-state index in [0.29, 0.717) is 0 Å². The van der Waals surface area contributed by atoms with E-state index in [-0.39, 0.29) is 0 Å². The second-order valence-corrected chi connectivity index (χ2v) is 8.96. The fraction of sp³-hybridized carbons (Fsp3) is 0. The first-order valence-electron chi connectivity index (χ1n) is 11.8. The first kappa shape index (κ1) is 19.1. The minimum atomic E-state index is 1.24. The van der Waals surface area contributed by atoms with Crippen LogP contribution in [-0.2, 0) is 0 Å². The van der Waals surface area contributed by atoms with Gasteiger partial charge in [0.2, 0.25) is 0 Å². The standard InChI is InChI=1S/C34H22/c1-2-10-27-24(8-1)9-7-15-28(27)25-18-16-23(17-19-25)26-20-21-33-31-13-4-3-11-29(31)30-12-5-6-14-32(30)34(33)22-26/h1-22H. The van der Waals surface area contributed by atoms with Crippen LogP contribution in [0.3, 0.4) is 0 Å². The molecule has 0 saturated carbocycles. The summed E-state index contributed by atoms with van der Waals surface area (Å²) in [6.07, 6.45) is 0. The number of rotatable bonds is 2. The van der Waals surface area contributed by atoms with Crippen LogP contribution >= 0.6 is 0 Å². The summed E-state index contributed by atoms with van der Waals surface area (Å²) in [5.41, 5.74) is 5.01. The molecule has 7 rings (SSSR count). The summed E-state index contributed by atoms with van der Waals surface area (Å²) < 4.78 is 0. The minimum Gasteiger partial charge on any atom is -0.0616 e. The largest absolute Gasteiger partial charge is 0.0616 e. The van der Waals surface area contributed by atoms with Gasteiger partial charge in [-0.05, 0) is 71.4 Å². The molecule has 0 radical (unpaired) electrons. The Morgan fingerprint density at radius 1 is 0.265 bits per heavy atom. The molecule has 0 aliphatic rings. The van der Waals surface area contributed by atoms with E-state index in [1.807, 2.05) is 0 Å². The van der Waals surface area contributed by atoms with Gasteiger partial charge < -0.3 is 0 Å². The molecule has 0 aromatic heterocycles. The maximum Gasteiger partial charge on any atom is -0.00928 e. The molecule has 158 valence electrons. The van der Waals surface area contributed by atoms with E-state index in [4.69, 9.17) is 0 Å². The minimum absolute atomic E-state index is 1.24. The average Bonchev–Trinajstić information content (AvgIpc) is 2.93. The fourth-order valence-electron chi connectivity index (χ4n) is 5.41. The third kappa shape index (κ3) is 2.93. The van der Waals surface area contributed by atoms with Gasteiger partial charge in [0, 0.05) is 0 Å². The molecule has 0 aliphatic heterocycles. The van der Waals surface area contributed by atoms with E-state index in [1.165, 1.54) is 65.3 Å². The highest BCUT2D eigenvalue weighted by molar-refractivity contribution is 6.25. The van der Waals surface area contributed by atoms with E-state index < -0.39 is 0 Å². The highest BCUT2D eigenvalue weighted by Crippen LogP contribution is 2.37. The molecular formula is C34H22. The molecular weight excluding hydrogens is 408 g/mol. The Bertz CT molecular complexity index is 1800. The molecule has 0 heterocycles. The summed E-state index contributed by atoms with van der Waals surface area (Å²) in [5, 5.41) is 10.4. The molecule has 0 N–H and O–H groups in total. The lowest BCUT2D eigenvalue weighted by molar-refractivity contribution is 1.62. The Balaban J connectivity index is 1.39. The monoisotopic (exact) mass is 430 g/mol. The van der Waals surface area contributed by atoms with Crippen molar-refractivity contribution in [2.45, 2.75) is 0 Å². The van der Waals surface area contributed by atoms with Gasteiger partial charge >= 0.3 is 0 Å². The highest BCUT2D eigenvalue weighted by Gasteiger charge is 2.10. The van der Waals surface area contributed by atoms with E-state index in [2.05, 4.69) is 133 Å². The predicted octanol–water partition coefficient (Wildman–Crippen LogP) is 9.63. The molecule has 0 heteroatoms. The Labute approximate surface area is 198 Å². The summed E-state index contributed by atoms with van der Waals surface area (Å²) in [6, 6.07) is 48.5. The maximum atomic E-state index is 2.36. The summed E-state index contributed by atoms with van der Waals surface area (Å²) in [5.74, 6) is 0. The number of benzene rings is 7. The SMILES string of the molecule is c1ccc2c(-c3ccc(-c4ccc5c6ccccc6c6ccccc6c5c4)cc3)cccc2c1. The van der Waals surface area contributed by atoms with E-state index in [0.717, 1.165) is 0 Å². The van der Waals surface area contributed by atoms with Crippen LogP contribution in [-0.4, -0.2) is 0 Å². The van der Waals surface area contributed by atoms with Gasteiger partial charge in [0.1, 0.15) is 0 Å². The zero-order valence-corrected chi connectivity index (χ0v) is 18.7. The quantitative estimate of drug-likeness (QED) is 0.239. The van der Waals surface area contributed by atoms with Crippen LogP contribution < -0.4 is 0 Å². The fourth-order valence-corrected chi connectivity index (χ4v) is 5.41. The Hall–Kier alpha value is -4.42. The molecule has 0 amide bonds. The van der Waals surface area contributed by atoms with Crippen molar-refractivity contribution < 1.29 is 0 Å². The topological polar surface area (TPSA) is 0 Å². The van der Waals surface area contributed by atoms with Gasteiger partial charge in [-0.3, -0.25) is 0 Å². The molecule has 0 aliphatic carbocycles. The van der Waals surface area contributed by atoms with Gasteiger partial charge in [0.25, 0.3) is 0 Å². The van der Waals surface area contributed by atoms with Crippen molar-refractivity contribution in [2.75, 3.05) is 0 Å². The summed E-state index contributed by atoms with van der Waals surface area (Å²) >= 11 is 0. The van der Waals surface area contributed by atoms with Gasteiger partial charge in [0.05, 0.1) is 0 Å². The van der Waals surface area contributed by atoms with Crippen LogP contribution in [0.4, 0.5) is 0 Å². The Morgan fingerprint density at radius 3 is 1.41 bits per heavy atom. The predicted molar refractivity (Wildman–Crippen MR) is 147 cm³/mol. The van der Waals surface area contributed by atoms with Gasteiger partial charge in [-0.15, -0.1) is 0 Å². The molecule has 7 aromatic carbocycles. The van der Waals surface area contributed by atoms with Gasteiger partial charge in [-0.25, -0.2) is 0 Å². The Morgan fingerprint density at radius 2 is 0.735 bits per heavy atom. The Kier molecular flexibility index (Phi) is 4.25. The lowest BCUT2D eigenvalue weighted by atomic mass is 9.91. The molecule has 0 atom stereocenters. The first-order valence-corrected chi connectivity index (χ1v) is 11.8.